The Morgan fingerprint density at radius 2 is 1.83 bits per heavy atom. The maximum Gasteiger partial charge on any atom is 0.341 e. The second-order valence-corrected chi connectivity index (χ2v) is 5.58. The first-order valence-corrected chi connectivity index (χ1v) is 7.30. The fourth-order valence-corrected chi connectivity index (χ4v) is 2.73. The molecule has 0 aliphatic carbocycles. The molecule has 0 spiro atoms. The molecule has 0 saturated heterocycles. The van der Waals surface area contributed by atoms with Gasteiger partial charge in [0.2, 0.25) is 5.90 Å². The highest BCUT2D eigenvalue weighted by molar-refractivity contribution is 6.08. The minimum atomic E-state index is -1.12. The number of esters is 1. The van der Waals surface area contributed by atoms with Crippen LogP contribution in [0.1, 0.15) is 24.0 Å². The van der Waals surface area contributed by atoms with Gasteiger partial charge in [-0.1, -0.05) is 36.4 Å². The van der Waals surface area contributed by atoms with Crippen LogP contribution in [-0.4, -0.2) is 17.4 Å². The Morgan fingerprint density at radius 3 is 2.43 bits per heavy atom. The summed E-state index contributed by atoms with van der Waals surface area (Å²) in [6.07, 6.45) is 1.64. The summed E-state index contributed by atoms with van der Waals surface area (Å²) in [6.45, 7) is 5.52. The zero-order valence-corrected chi connectivity index (χ0v) is 12.7. The van der Waals surface area contributed by atoms with Gasteiger partial charge in [-0.2, -0.15) is 0 Å². The quantitative estimate of drug-likeness (QED) is 0.635. The van der Waals surface area contributed by atoms with Crippen molar-refractivity contribution in [2.75, 3.05) is 0 Å². The van der Waals surface area contributed by atoms with Gasteiger partial charge in [0.05, 0.1) is 0 Å². The lowest BCUT2D eigenvalue weighted by molar-refractivity contribution is -0.138. The number of nitrogens with zero attached hydrogens (tertiary/aromatic N) is 1. The average molecular weight is 309 g/mol. The first kappa shape index (κ1) is 15.2. The fraction of sp³-hybridized carbons (Fsp3) is 0.158. The molecule has 2 atom stereocenters. The Kier molecular flexibility index (Phi) is 3.82. The Bertz CT molecular complexity index is 768. The molecule has 0 N–H and O–H groups in total. The molecule has 2 aromatic carbocycles. The minimum Gasteiger partial charge on any atom is -0.405 e. The van der Waals surface area contributed by atoms with Gasteiger partial charge in [0, 0.05) is 11.5 Å². The minimum absolute atomic E-state index is 0.298. The zero-order chi connectivity index (χ0) is 16.4. The van der Waals surface area contributed by atoms with E-state index in [0.29, 0.717) is 5.90 Å². The number of ether oxygens (including phenoxy) is 1. The van der Waals surface area contributed by atoms with Gasteiger partial charge in [0.1, 0.15) is 5.82 Å². The van der Waals surface area contributed by atoms with Gasteiger partial charge in [-0.25, -0.2) is 14.2 Å². The molecule has 0 unspecified atom stereocenters. The lowest BCUT2D eigenvalue weighted by Crippen LogP contribution is -2.36. The number of cyclic esters (lactones) is 1. The van der Waals surface area contributed by atoms with Gasteiger partial charge in [0.25, 0.3) is 0 Å². The maximum absolute atomic E-state index is 13.1. The number of hydrogen-bond donors (Lipinski definition) is 0. The van der Waals surface area contributed by atoms with Gasteiger partial charge in [0.15, 0.2) is 5.54 Å². The lowest BCUT2D eigenvalue weighted by Gasteiger charge is -2.25. The number of hydrogen-bond acceptors (Lipinski definition) is 3. The molecule has 0 radical (unpaired) electrons. The second-order valence-electron chi connectivity index (χ2n) is 5.58. The van der Waals surface area contributed by atoms with E-state index in [9.17, 15) is 9.18 Å². The molecule has 2 aromatic rings. The highest BCUT2D eigenvalue weighted by Crippen LogP contribution is 2.37. The predicted octanol–water partition coefficient (Wildman–Crippen LogP) is 3.86. The number of carbonyl (C=O) groups is 1. The van der Waals surface area contributed by atoms with Gasteiger partial charge in [-0.3, -0.25) is 0 Å². The summed E-state index contributed by atoms with van der Waals surface area (Å²) in [5.41, 5.74) is 0.385. The molecule has 3 nitrogen and oxygen atoms in total. The Morgan fingerprint density at radius 1 is 1.17 bits per heavy atom. The van der Waals surface area contributed by atoms with Crippen LogP contribution in [0.25, 0.3) is 0 Å². The molecule has 1 aliphatic rings. The fourth-order valence-electron chi connectivity index (χ4n) is 2.73. The van der Waals surface area contributed by atoms with Crippen molar-refractivity contribution in [1.82, 2.24) is 0 Å². The maximum atomic E-state index is 13.1. The lowest BCUT2D eigenvalue weighted by atomic mass is 9.81. The molecule has 116 valence electrons. The van der Waals surface area contributed by atoms with Gasteiger partial charge >= 0.3 is 5.97 Å². The molecule has 0 aromatic heterocycles. The molecule has 1 aliphatic heterocycles. The van der Waals surface area contributed by atoms with E-state index >= 15 is 0 Å². The van der Waals surface area contributed by atoms with Crippen LogP contribution in [0.4, 0.5) is 4.39 Å². The van der Waals surface area contributed by atoms with Gasteiger partial charge < -0.3 is 4.74 Å². The molecule has 3 rings (SSSR count). The molecule has 1 heterocycles. The van der Waals surface area contributed by atoms with Gasteiger partial charge in [-0.05, 0) is 36.8 Å². The first-order valence-electron chi connectivity index (χ1n) is 7.30. The number of rotatable bonds is 4. The average Bonchev–Trinajstić information content (AvgIpc) is 2.87. The van der Waals surface area contributed by atoms with Crippen molar-refractivity contribution < 1.29 is 13.9 Å². The van der Waals surface area contributed by atoms with Crippen LogP contribution in [0.3, 0.4) is 0 Å². The summed E-state index contributed by atoms with van der Waals surface area (Å²) in [6, 6.07) is 15.2. The second kappa shape index (κ2) is 5.80. The van der Waals surface area contributed by atoms with Crippen LogP contribution >= 0.6 is 0 Å². The van der Waals surface area contributed by atoms with E-state index in [0.717, 1.165) is 11.1 Å². The topological polar surface area (TPSA) is 38.7 Å². The van der Waals surface area contributed by atoms with E-state index in [4.69, 9.17) is 4.74 Å². The molecule has 0 amide bonds. The molecular formula is C19H16FNO2. The first-order chi connectivity index (χ1) is 11.0. The van der Waals surface area contributed by atoms with Crippen molar-refractivity contribution in [1.29, 1.82) is 0 Å². The smallest absolute Gasteiger partial charge is 0.341 e. The molecule has 0 saturated carbocycles. The van der Waals surface area contributed by atoms with E-state index in [1.165, 1.54) is 12.1 Å². The van der Waals surface area contributed by atoms with Crippen molar-refractivity contribution in [3.8, 4) is 0 Å². The third-order valence-corrected chi connectivity index (χ3v) is 4.03. The van der Waals surface area contributed by atoms with Crippen molar-refractivity contribution in [3.63, 3.8) is 0 Å². The van der Waals surface area contributed by atoms with Gasteiger partial charge in [-0.15, -0.1) is 6.58 Å². The Labute approximate surface area is 134 Å². The monoisotopic (exact) mass is 309 g/mol. The summed E-state index contributed by atoms with van der Waals surface area (Å²) in [4.78, 5) is 17.0. The van der Waals surface area contributed by atoms with Crippen LogP contribution in [0, 0.1) is 5.82 Å². The number of benzene rings is 2. The highest BCUT2D eigenvalue weighted by Gasteiger charge is 2.47. The summed E-state index contributed by atoms with van der Waals surface area (Å²) in [5.74, 6) is -0.876. The van der Waals surface area contributed by atoms with E-state index in [1.54, 1.807) is 25.1 Å². The van der Waals surface area contributed by atoms with Crippen LogP contribution in [0.15, 0.2) is 72.2 Å². The highest BCUT2D eigenvalue weighted by atomic mass is 19.1. The summed E-state index contributed by atoms with van der Waals surface area (Å²) < 4.78 is 18.5. The number of aliphatic imine (C=N–C) groups is 1. The molecule has 0 fully saturated rings. The predicted molar refractivity (Wildman–Crippen MR) is 86.8 cm³/mol. The Hall–Kier alpha value is -2.75. The van der Waals surface area contributed by atoms with E-state index in [1.807, 2.05) is 30.3 Å². The molecule has 23 heavy (non-hydrogen) atoms. The van der Waals surface area contributed by atoms with Crippen LogP contribution < -0.4 is 0 Å². The normalized spacial score (nSPS) is 21.5. The summed E-state index contributed by atoms with van der Waals surface area (Å²) >= 11 is 0. The van der Waals surface area contributed by atoms with Crippen LogP contribution in [-0.2, 0) is 9.53 Å². The molecular weight excluding hydrogens is 293 g/mol. The van der Waals surface area contributed by atoms with Crippen molar-refractivity contribution >= 4 is 11.9 Å². The number of carbonyl (C=O) groups excluding carboxylic acids is 1. The largest absolute Gasteiger partial charge is 0.405 e. The SMILES string of the molecule is C=C[C@H](c1ccc(F)cc1)[C@]1(C)N=C(c2ccccc2)OC1=O. The van der Waals surface area contributed by atoms with E-state index in [2.05, 4.69) is 11.6 Å². The van der Waals surface area contributed by atoms with E-state index < -0.39 is 17.4 Å². The van der Waals surface area contributed by atoms with Crippen LogP contribution in [0.2, 0.25) is 0 Å². The Balaban J connectivity index is 2.01. The van der Waals surface area contributed by atoms with Crippen molar-refractivity contribution in [3.05, 3.63) is 84.2 Å². The zero-order valence-electron chi connectivity index (χ0n) is 12.7. The van der Waals surface area contributed by atoms with Crippen LogP contribution in [0.5, 0.6) is 0 Å². The summed E-state index contributed by atoms with van der Waals surface area (Å²) in [7, 11) is 0. The summed E-state index contributed by atoms with van der Waals surface area (Å²) in [5, 5.41) is 0. The molecule has 0 bridgehead atoms. The third kappa shape index (κ3) is 2.68. The molecule has 4 heteroatoms. The van der Waals surface area contributed by atoms with Crippen molar-refractivity contribution in [2.24, 2.45) is 4.99 Å². The third-order valence-electron chi connectivity index (χ3n) is 4.03. The standard InChI is InChI=1S/C19H16FNO2/c1-3-16(13-9-11-15(20)12-10-13)19(2)18(22)23-17(21-19)14-7-5-4-6-8-14/h3-12,16H,1H2,2H3/t16-,19+/m1/s1. The van der Waals surface area contributed by atoms with Crippen molar-refractivity contribution in [2.45, 2.75) is 18.4 Å². The van der Waals surface area contributed by atoms with E-state index in [-0.39, 0.29) is 5.82 Å². The number of halogens is 1.